The highest BCUT2D eigenvalue weighted by Gasteiger charge is 2.24. The molecule has 0 fully saturated rings. The Bertz CT molecular complexity index is 2600. The van der Waals surface area contributed by atoms with E-state index in [-0.39, 0.29) is 63.7 Å². The number of nitrogens with zero attached hydrogens (tertiary/aromatic N) is 14. The van der Waals surface area contributed by atoms with Crippen LogP contribution in [-0.4, -0.2) is 74.2 Å². The van der Waals surface area contributed by atoms with E-state index in [0.717, 1.165) is 0 Å². The first-order valence-electron chi connectivity index (χ1n) is 15.9. The molecule has 0 unspecified atom stereocenters. The van der Waals surface area contributed by atoms with Gasteiger partial charge < -0.3 is 16.2 Å². The lowest BCUT2D eigenvalue weighted by Gasteiger charge is -2.06. The SMILES string of the molecule is COC(=O)c1cnn(C)c1/N=N/c1c(-c2ccccc2)nn(-c2cc(-n3nc(-c4ccccc4)c(/N=N/c4c(C(=O)C=O)cnn4C)c3N)ncn2)c1N. The van der Waals surface area contributed by atoms with E-state index < -0.39 is 11.8 Å². The minimum atomic E-state index is -0.807. The van der Waals surface area contributed by atoms with E-state index in [9.17, 15) is 14.4 Å². The van der Waals surface area contributed by atoms with Gasteiger partial charge in [0.25, 0.3) is 0 Å². The van der Waals surface area contributed by atoms with Crippen LogP contribution in [0.15, 0.2) is 106 Å². The molecule has 0 bridgehead atoms. The van der Waals surface area contributed by atoms with Gasteiger partial charge in [-0.15, -0.1) is 20.5 Å². The third kappa shape index (κ3) is 6.25. The zero-order valence-corrected chi connectivity index (χ0v) is 28.7. The van der Waals surface area contributed by atoms with Crippen molar-refractivity contribution >= 4 is 52.7 Å². The average Bonchev–Trinajstić information content (AvgIpc) is 3.95. The molecule has 0 amide bonds. The van der Waals surface area contributed by atoms with E-state index in [2.05, 4.69) is 40.6 Å². The van der Waals surface area contributed by atoms with E-state index in [1.54, 1.807) is 20.2 Å². The lowest BCUT2D eigenvalue weighted by atomic mass is 10.1. The predicted molar refractivity (Wildman–Crippen MR) is 192 cm³/mol. The molecule has 5 heterocycles. The normalized spacial score (nSPS) is 11.5. The van der Waals surface area contributed by atoms with Crippen LogP contribution in [0.2, 0.25) is 0 Å². The second-order valence-corrected chi connectivity index (χ2v) is 11.3. The first-order chi connectivity index (χ1) is 26.2. The number of esters is 1. The fraction of sp³-hybridized carbons (Fsp3) is 0.0882. The number of carbonyl (C=O) groups excluding carboxylic acids is 3. The molecule has 0 atom stereocenters. The monoisotopic (exact) mass is 724 g/mol. The third-order valence-electron chi connectivity index (χ3n) is 8.04. The number of nitrogens with two attached hydrogens (primary N) is 2. The van der Waals surface area contributed by atoms with E-state index >= 15 is 0 Å². The molecule has 5 aromatic heterocycles. The van der Waals surface area contributed by atoms with E-state index in [1.807, 2.05) is 60.7 Å². The van der Waals surface area contributed by atoms with Crippen molar-refractivity contribution in [1.82, 2.24) is 49.1 Å². The first kappa shape index (κ1) is 34.4. The summed E-state index contributed by atoms with van der Waals surface area (Å²) < 4.78 is 10.2. The molecule has 4 N–H and O–H groups in total. The van der Waals surface area contributed by atoms with Gasteiger partial charge in [0, 0.05) is 31.3 Å². The number of ketones is 1. The molecule has 7 aromatic rings. The number of Topliss-reactive ketones (excluding diaryl/α,β-unsaturated/α-hetero) is 1. The number of hydrogen-bond donors (Lipinski definition) is 2. The van der Waals surface area contributed by atoms with Crippen LogP contribution in [0, 0.1) is 0 Å². The molecule has 20 heteroatoms. The summed E-state index contributed by atoms with van der Waals surface area (Å²) in [4.78, 5) is 44.6. The van der Waals surface area contributed by atoms with Crippen molar-refractivity contribution in [3.8, 4) is 34.2 Å². The minimum absolute atomic E-state index is 0.0290. The quantitative estimate of drug-likeness (QED) is 0.0599. The Labute approximate surface area is 304 Å². The van der Waals surface area contributed by atoms with Gasteiger partial charge in [-0.25, -0.2) is 24.1 Å². The van der Waals surface area contributed by atoms with E-state index in [4.69, 9.17) is 26.4 Å². The summed E-state index contributed by atoms with van der Waals surface area (Å²) in [5.41, 5.74) is 15.8. The summed E-state index contributed by atoms with van der Waals surface area (Å²) in [7, 11) is 4.42. The molecule has 54 heavy (non-hydrogen) atoms. The topological polar surface area (TPSA) is 259 Å². The van der Waals surface area contributed by atoms with Crippen LogP contribution in [0.3, 0.4) is 0 Å². The lowest BCUT2D eigenvalue weighted by Crippen LogP contribution is -2.09. The van der Waals surface area contributed by atoms with E-state index in [1.165, 1.54) is 44.6 Å². The van der Waals surface area contributed by atoms with Crippen LogP contribution >= 0.6 is 0 Å². The van der Waals surface area contributed by atoms with Gasteiger partial charge in [0.15, 0.2) is 52.6 Å². The van der Waals surface area contributed by atoms with Crippen molar-refractivity contribution in [2.75, 3.05) is 18.6 Å². The summed E-state index contributed by atoms with van der Waals surface area (Å²) in [5.74, 6) is -0.716. The van der Waals surface area contributed by atoms with Crippen LogP contribution < -0.4 is 11.5 Å². The molecule has 0 radical (unpaired) electrons. The van der Waals surface area contributed by atoms with Crippen molar-refractivity contribution in [1.29, 1.82) is 0 Å². The summed E-state index contributed by atoms with van der Waals surface area (Å²) in [6, 6.07) is 19.8. The zero-order valence-electron chi connectivity index (χ0n) is 28.7. The Morgan fingerprint density at radius 2 is 1.17 bits per heavy atom. The van der Waals surface area contributed by atoms with Crippen LogP contribution in [0.25, 0.3) is 34.2 Å². The van der Waals surface area contributed by atoms with Crippen LogP contribution in [0.1, 0.15) is 20.7 Å². The van der Waals surface area contributed by atoms with Gasteiger partial charge in [-0.2, -0.15) is 29.8 Å². The Morgan fingerprint density at radius 3 is 1.63 bits per heavy atom. The zero-order chi connectivity index (χ0) is 37.9. The number of rotatable bonds is 11. The molecule has 7 rings (SSSR count). The first-order valence-corrected chi connectivity index (χ1v) is 15.9. The van der Waals surface area contributed by atoms with Crippen molar-refractivity contribution in [2.45, 2.75) is 0 Å². The molecule has 20 nitrogen and oxygen atoms in total. The smallest absolute Gasteiger partial charge is 0.343 e. The number of aromatic nitrogens is 10. The number of anilines is 2. The highest BCUT2D eigenvalue weighted by molar-refractivity contribution is 6.34. The van der Waals surface area contributed by atoms with Gasteiger partial charge in [0.2, 0.25) is 5.78 Å². The maximum atomic E-state index is 12.3. The second kappa shape index (κ2) is 14.3. The minimum Gasteiger partial charge on any atom is -0.465 e. The number of azo groups is 2. The van der Waals surface area contributed by atoms with Crippen LogP contribution in [0.5, 0.6) is 0 Å². The number of aryl methyl sites for hydroxylation is 2. The number of nitrogen functional groups attached to an aromatic ring is 2. The van der Waals surface area contributed by atoms with Crippen molar-refractivity contribution in [2.24, 2.45) is 34.6 Å². The molecular weight excluding hydrogens is 696 g/mol. The maximum absolute atomic E-state index is 12.3. The van der Waals surface area contributed by atoms with Gasteiger partial charge in [0.05, 0.1) is 25.1 Å². The fourth-order valence-corrected chi connectivity index (χ4v) is 5.33. The third-order valence-corrected chi connectivity index (χ3v) is 8.04. The standard InChI is InChI=1S/C34H28N16O4/c1-47-32(21(15-39-47)23(52)17-51)43-41-28-26(19-10-6-4-7-11-19)45-49(30(28)35)24-14-25(38-18-37-24)50-31(36)29(27(46-50)20-12-8-5-9-13-20)42-44-33-22(34(53)54-3)16-40-48(33)2/h4-18H,35-36H2,1-3H3/b43-41+,44-42+. The molecule has 268 valence electrons. The highest BCUT2D eigenvalue weighted by Crippen LogP contribution is 2.39. The Morgan fingerprint density at radius 1 is 0.704 bits per heavy atom. The van der Waals surface area contributed by atoms with Gasteiger partial charge >= 0.3 is 5.97 Å². The summed E-state index contributed by atoms with van der Waals surface area (Å²) in [5, 5.41) is 34.9. The predicted octanol–water partition coefficient (Wildman–Crippen LogP) is 4.81. The summed E-state index contributed by atoms with van der Waals surface area (Å²) in [6.45, 7) is 0. The fourth-order valence-electron chi connectivity index (χ4n) is 5.33. The number of aldehydes is 1. The number of methoxy groups -OCH3 is 1. The average molecular weight is 725 g/mol. The summed E-state index contributed by atoms with van der Waals surface area (Å²) in [6.07, 6.45) is 4.02. The highest BCUT2D eigenvalue weighted by atomic mass is 16.5. The Kier molecular flexibility index (Phi) is 9.12. The number of benzene rings is 2. The molecule has 2 aromatic carbocycles. The number of hydrogen-bond acceptors (Lipinski definition) is 16. The second-order valence-electron chi connectivity index (χ2n) is 11.3. The molecule has 0 aliphatic carbocycles. The molecule has 0 spiro atoms. The summed E-state index contributed by atoms with van der Waals surface area (Å²) >= 11 is 0. The van der Waals surface area contributed by atoms with Crippen LogP contribution in [-0.2, 0) is 23.6 Å². The molecule has 0 saturated heterocycles. The Balaban J connectivity index is 1.33. The number of ether oxygens (including phenoxy) is 1. The largest absolute Gasteiger partial charge is 0.465 e. The molecule has 0 aliphatic heterocycles. The molecule has 0 saturated carbocycles. The van der Waals surface area contributed by atoms with Gasteiger partial charge in [-0.1, -0.05) is 60.7 Å². The van der Waals surface area contributed by atoms with Crippen molar-refractivity contribution in [3.05, 3.63) is 96.6 Å². The van der Waals surface area contributed by atoms with Crippen LogP contribution in [0.4, 0.5) is 34.6 Å². The lowest BCUT2D eigenvalue weighted by molar-refractivity contribution is -0.104. The van der Waals surface area contributed by atoms with Gasteiger partial charge in [0.1, 0.15) is 23.3 Å². The maximum Gasteiger partial charge on any atom is 0.343 e. The van der Waals surface area contributed by atoms with Gasteiger partial charge in [-0.3, -0.25) is 9.59 Å². The van der Waals surface area contributed by atoms with Gasteiger partial charge in [-0.05, 0) is 0 Å². The molecule has 0 aliphatic rings. The number of carbonyl (C=O) groups is 3. The van der Waals surface area contributed by atoms with E-state index in [0.29, 0.717) is 22.5 Å². The molecular formula is C34H28N16O4. The van der Waals surface area contributed by atoms with Crippen molar-refractivity contribution < 1.29 is 19.1 Å². The Hall–Kier alpha value is -8.03. The van der Waals surface area contributed by atoms with Crippen molar-refractivity contribution in [3.63, 3.8) is 0 Å².